The van der Waals surface area contributed by atoms with Crippen LogP contribution in [0.3, 0.4) is 0 Å². The number of hydrogen-bond acceptors (Lipinski definition) is 3. The molecule has 2 rings (SSSR count). The quantitative estimate of drug-likeness (QED) is 0.601. The summed E-state index contributed by atoms with van der Waals surface area (Å²) in [6.45, 7) is 0. The van der Waals surface area contributed by atoms with Gasteiger partial charge in [-0.1, -0.05) is 23.4 Å². The van der Waals surface area contributed by atoms with Crippen LogP contribution >= 0.6 is 0 Å². The summed E-state index contributed by atoms with van der Waals surface area (Å²) in [6.07, 6.45) is 1.49. The van der Waals surface area contributed by atoms with E-state index in [1.165, 1.54) is 6.20 Å². The molecule has 0 aliphatic rings. The van der Waals surface area contributed by atoms with Crippen LogP contribution in [-0.2, 0) is 0 Å². The van der Waals surface area contributed by atoms with E-state index in [9.17, 15) is 4.79 Å². The smallest absolute Gasteiger partial charge is 0.262 e. The third-order valence-electron chi connectivity index (χ3n) is 1.96. The van der Waals surface area contributed by atoms with E-state index in [2.05, 4.69) is 34.3 Å². The highest BCUT2D eigenvalue weighted by Gasteiger charge is 2.00. The van der Waals surface area contributed by atoms with Crippen LogP contribution in [0.5, 0.6) is 0 Å². The zero-order valence-corrected chi connectivity index (χ0v) is 9.31. The van der Waals surface area contributed by atoms with Gasteiger partial charge in [0, 0.05) is 23.6 Å². The van der Waals surface area contributed by atoms with Crippen LogP contribution in [0.25, 0.3) is 0 Å². The molecule has 1 aromatic heterocycles. The van der Waals surface area contributed by atoms with Crippen LogP contribution in [0.1, 0.15) is 16.1 Å². The van der Waals surface area contributed by atoms with Crippen molar-refractivity contribution in [3.8, 4) is 23.8 Å². The van der Waals surface area contributed by atoms with Gasteiger partial charge in [-0.15, -0.1) is 0 Å². The van der Waals surface area contributed by atoms with E-state index in [1.54, 1.807) is 30.3 Å². The summed E-state index contributed by atoms with van der Waals surface area (Å²) in [7, 11) is 0. The maximum Gasteiger partial charge on any atom is 0.262 e. The van der Waals surface area contributed by atoms with Gasteiger partial charge >= 0.3 is 0 Å². The Balaban J connectivity index is 1.91. The van der Waals surface area contributed by atoms with E-state index >= 15 is 0 Å². The Labute approximate surface area is 104 Å². The molecule has 0 bridgehead atoms. The van der Waals surface area contributed by atoms with Gasteiger partial charge in [-0.05, 0) is 24.0 Å². The molecule has 0 saturated carbocycles. The highest BCUT2D eigenvalue weighted by Crippen LogP contribution is 1.96. The summed E-state index contributed by atoms with van der Waals surface area (Å²) in [6, 6.07) is 12.9. The Bertz CT molecular complexity index is 638. The summed E-state index contributed by atoms with van der Waals surface area (Å²) in [5, 5.41) is 5.92. The zero-order chi connectivity index (χ0) is 12.6. The number of aromatic nitrogens is 1. The lowest BCUT2D eigenvalue weighted by atomic mass is 10.2. The molecule has 0 aliphatic carbocycles. The minimum Gasteiger partial charge on any atom is -0.348 e. The molecule has 2 aromatic rings. The third kappa shape index (κ3) is 3.26. The van der Waals surface area contributed by atoms with Gasteiger partial charge in [0.1, 0.15) is 0 Å². The Morgan fingerprint density at radius 1 is 1.17 bits per heavy atom. The van der Waals surface area contributed by atoms with Gasteiger partial charge in [-0.2, -0.15) is 0 Å². The van der Waals surface area contributed by atoms with Crippen molar-refractivity contribution in [1.82, 2.24) is 10.5 Å². The first-order chi connectivity index (χ1) is 8.86. The predicted molar refractivity (Wildman–Crippen MR) is 65.1 cm³/mol. The lowest BCUT2D eigenvalue weighted by Gasteiger charge is -1.95. The van der Waals surface area contributed by atoms with Crippen LogP contribution in [0.2, 0.25) is 0 Å². The second-order valence-electron chi connectivity index (χ2n) is 3.20. The van der Waals surface area contributed by atoms with E-state index in [4.69, 9.17) is 4.52 Å². The molecule has 0 radical (unpaired) electrons. The first-order valence-electron chi connectivity index (χ1n) is 5.13. The minimum absolute atomic E-state index is 0.260. The molecule has 86 valence electrons. The van der Waals surface area contributed by atoms with Gasteiger partial charge in [0.25, 0.3) is 5.91 Å². The molecule has 0 aliphatic heterocycles. The van der Waals surface area contributed by atoms with Gasteiger partial charge in [0.15, 0.2) is 0 Å². The van der Waals surface area contributed by atoms with E-state index in [1.807, 2.05) is 6.07 Å². The molecule has 0 atom stereocenters. The Hall–Kier alpha value is -2.98. The number of amides is 1. The van der Waals surface area contributed by atoms with E-state index < -0.39 is 0 Å². The van der Waals surface area contributed by atoms with E-state index in [0.717, 1.165) is 0 Å². The van der Waals surface area contributed by atoms with Crippen LogP contribution < -0.4 is 5.32 Å². The average Bonchev–Trinajstić information content (AvgIpc) is 2.92. The van der Waals surface area contributed by atoms with Gasteiger partial charge in [-0.25, -0.2) is 0 Å². The van der Waals surface area contributed by atoms with Gasteiger partial charge in [0.2, 0.25) is 5.76 Å². The van der Waals surface area contributed by atoms with E-state index in [0.29, 0.717) is 11.3 Å². The molecule has 1 amide bonds. The standard InChI is InChI=1S/C14H8N2O2/c17-14(12-6-2-1-3-7-12)15-10-5-4-8-13-9-11-16-18-13/h1-3,6-7,9,11H,(H,15,17). The number of hydrogen-bond donors (Lipinski definition) is 1. The summed E-state index contributed by atoms with van der Waals surface area (Å²) >= 11 is 0. The number of nitrogens with zero attached hydrogens (tertiary/aromatic N) is 1. The molecule has 4 nitrogen and oxygen atoms in total. The molecule has 0 saturated heterocycles. The summed E-state index contributed by atoms with van der Waals surface area (Å²) in [5.41, 5.74) is 0.551. The second-order valence-corrected chi connectivity index (χ2v) is 3.20. The normalized spacial score (nSPS) is 8.44. The number of carbonyl (C=O) groups is 1. The van der Waals surface area contributed by atoms with Crippen LogP contribution in [0.4, 0.5) is 0 Å². The SMILES string of the molecule is O=C(NC#CC#Cc1ccno1)c1ccccc1. The maximum atomic E-state index is 11.5. The molecular formula is C14H8N2O2. The minimum atomic E-state index is -0.260. The highest BCUT2D eigenvalue weighted by molar-refractivity contribution is 5.95. The Kier molecular flexibility index (Phi) is 3.79. The Morgan fingerprint density at radius 2 is 2.00 bits per heavy atom. The van der Waals surface area contributed by atoms with Crippen molar-refractivity contribution in [2.24, 2.45) is 0 Å². The predicted octanol–water partition coefficient (Wildman–Crippen LogP) is 1.42. The van der Waals surface area contributed by atoms with Crippen molar-refractivity contribution in [2.45, 2.75) is 0 Å². The van der Waals surface area contributed by atoms with Crippen molar-refractivity contribution in [3.05, 3.63) is 53.9 Å². The van der Waals surface area contributed by atoms with Crippen LogP contribution in [0.15, 0.2) is 47.1 Å². The highest BCUT2D eigenvalue weighted by atomic mass is 16.5. The van der Waals surface area contributed by atoms with Crippen molar-refractivity contribution < 1.29 is 9.32 Å². The molecule has 1 aromatic carbocycles. The fourth-order valence-corrected chi connectivity index (χ4v) is 1.15. The van der Waals surface area contributed by atoms with E-state index in [-0.39, 0.29) is 5.91 Å². The summed E-state index contributed by atoms with van der Waals surface area (Å²) in [4.78, 5) is 11.5. The third-order valence-corrected chi connectivity index (χ3v) is 1.96. The van der Waals surface area contributed by atoms with Gasteiger partial charge in [0.05, 0.1) is 6.20 Å². The number of benzene rings is 1. The molecule has 0 unspecified atom stereocenters. The molecule has 1 N–H and O–H groups in total. The topological polar surface area (TPSA) is 55.1 Å². The zero-order valence-electron chi connectivity index (χ0n) is 9.31. The molecule has 0 fully saturated rings. The summed E-state index contributed by atoms with van der Waals surface area (Å²) < 4.78 is 4.75. The van der Waals surface area contributed by atoms with Gasteiger partial charge in [-0.3, -0.25) is 10.1 Å². The monoisotopic (exact) mass is 236 g/mol. The van der Waals surface area contributed by atoms with Crippen LogP contribution in [0, 0.1) is 23.8 Å². The van der Waals surface area contributed by atoms with Gasteiger partial charge < -0.3 is 4.52 Å². The molecule has 0 spiro atoms. The molecule has 1 heterocycles. The van der Waals surface area contributed by atoms with Crippen molar-refractivity contribution in [3.63, 3.8) is 0 Å². The number of rotatable bonds is 1. The first-order valence-corrected chi connectivity index (χ1v) is 5.13. The largest absolute Gasteiger partial charge is 0.348 e. The fourth-order valence-electron chi connectivity index (χ4n) is 1.15. The Morgan fingerprint density at radius 3 is 2.72 bits per heavy atom. The van der Waals surface area contributed by atoms with Crippen molar-refractivity contribution in [1.29, 1.82) is 0 Å². The lowest BCUT2D eigenvalue weighted by Crippen LogP contribution is -2.17. The average molecular weight is 236 g/mol. The summed E-state index contributed by atoms with van der Waals surface area (Å²) in [5.74, 6) is 7.83. The van der Waals surface area contributed by atoms with Crippen molar-refractivity contribution in [2.75, 3.05) is 0 Å². The number of nitrogens with one attached hydrogen (secondary N) is 1. The first kappa shape index (κ1) is 11.5. The fraction of sp³-hybridized carbons (Fsp3) is 0. The van der Waals surface area contributed by atoms with Crippen molar-refractivity contribution >= 4 is 5.91 Å². The molecular weight excluding hydrogens is 228 g/mol. The lowest BCUT2D eigenvalue weighted by molar-refractivity contribution is 0.0973. The number of carbonyl (C=O) groups excluding carboxylic acids is 1. The van der Waals surface area contributed by atoms with Crippen LogP contribution in [-0.4, -0.2) is 11.1 Å². The second kappa shape index (κ2) is 5.93. The molecule has 18 heavy (non-hydrogen) atoms. The maximum absolute atomic E-state index is 11.5. The molecule has 4 heteroatoms.